The highest BCUT2D eigenvalue weighted by Crippen LogP contribution is 2.30. The van der Waals surface area contributed by atoms with Gasteiger partial charge in [-0.25, -0.2) is 0 Å². The molecule has 3 N–H and O–H groups in total. The summed E-state index contributed by atoms with van der Waals surface area (Å²) < 4.78 is 0. The lowest BCUT2D eigenvalue weighted by Crippen LogP contribution is -2.36. The van der Waals surface area contributed by atoms with Gasteiger partial charge in [0.2, 0.25) is 0 Å². The van der Waals surface area contributed by atoms with Gasteiger partial charge in [0.1, 0.15) is 0 Å². The average Bonchev–Trinajstić information content (AvgIpc) is 2.41. The van der Waals surface area contributed by atoms with Crippen molar-refractivity contribution < 1.29 is 10.2 Å². The smallest absolute Gasteiger partial charge is 0.0948 e. The molecule has 1 aromatic rings. The van der Waals surface area contributed by atoms with Gasteiger partial charge in [-0.1, -0.05) is 13.0 Å². The SMILES string of the molecule is CCC(NCCCO)C(O)c1c(C)c(C)cc(C)c1C. The Bertz CT molecular complexity index is 417. The molecule has 3 heteroatoms. The van der Waals surface area contributed by atoms with Crippen LogP contribution >= 0.6 is 0 Å². The molecule has 0 aliphatic heterocycles. The molecule has 114 valence electrons. The Morgan fingerprint density at radius 1 is 1.10 bits per heavy atom. The fraction of sp³-hybridized carbons (Fsp3) is 0.647. The van der Waals surface area contributed by atoms with Gasteiger partial charge in [-0.15, -0.1) is 0 Å². The molecular formula is C17H29NO2. The van der Waals surface area contributed by atoms with Gasteiger partial charge in [-0.2, -0.15) is 0 Å². The van der Waals surface area contributed by atoms with E-state index in [1.165, 1.54) is 22.3 Å². The van der Waals surface area contributed by atoms with Crippen molar-refractivity contribution in [1.82, 2.24) is 5.32 Å². The van der Waals surface area contributed by atoms with Crippen molar-refractivity contribution in [2.75, 3.05) is 13.2 Å². The van der Waals surface area contributed by atoms with E-state index in [-0.39, 0.29) is 12.6 Å². The Morgan fingerprint density at radius 3 is 2.10 bits per heavy atom. The quantitative estimate of drug-likeness (QED) is 0.673. The molecule has 1 aromatic carbocycles. The van der Waals surface area contributed by atoms with Gasteiger partial charge in [-0.3, -0.25) is 0 Å². The van der Waals surface area contributed by atoms with Crippen LogP contribution in [0.3, 0.4) is 0 Å². The van der Waals surface area contributed by atoms with Gasteiger partial charge in [0.05, 0.1) is 6.10 Å². The van der Waals surface area contributed by atoms with E-state index in [2.05, 4.69) is 46.0 Å². The summed E-state index contributed by atoms with van der Waals surface area (Å²) in [5, 5.41) is 23.0. The van der Waals surface area contributed by atoms with Crippen LogP contribution in [0, 0.1) is 27.7 Å². The van der Waals surface area contributed by atoms with Crippen LogP contribution in [0.25, 0.3) is 0 Å². The lowest BCUT2D eigenvalue weighted by molar-refractivity contribution is 0.123. The molecule has 0 heterocycles. The fourth-order valence-corrected chi connectivity index (χ4v) is 2.74. The normalized spacial score (nSPS) is 14.3. The fourth-order valence-electron chi connectivity index (χ4n) is 2.74. The van der Waals surface area contributed by atoms with Gasteiger partial charge in [-0.05, 0) is 74.9 Å². The summed E-state index contributed by atoms with van der Waals surface area (Å²) in [5.41, 5.74) is 5.89. The van der Waals surface area contributed by atoms with Crippen LogP contribution in [0.2, 0.25) is 0 Å². The first kappa shape index (κ1) is 17.2. The zero-order chi connectivity index (χ0) is 15.3. The first-order valence-electron chi connectivity index (χ1n) is 7.53. The third kappa shape index (κ3) is 3.81. The predicted molar refractivity (Wildman–Crippen MR) is 84.1 cm³/mol. The molecule has 0 aromatic heterocycles. The summed E-state index contributed by atoms with van der Waals surface area (Å²) in [4.78, 5) is 0. The zero-order valence-corrected chi connectivity index (χ0v) is 13.5. The maximum atomic E-state index is 10.8. The standard InChI is InChI=1S/C17H29NO2/c1-6-15(18-8-7-9-19)17(20)16-13(4)11(2)10-12(3)14(16)5/h10,15,17-20H,6-9H2,1-5H3. The lowest BCUT2D eigenvalue weighted by Gasteiger charge is -2.27. The van der Waals surface area contributed by atoms with E-state index in [1.807, 2.05) is 0 Å². The average molecular weight is 279 g/mol. The molecule has 20 heavy (non-hydrogen) atoms. The second-order valence-electron chi connectivity index (χ2n) is 5.66. The predicted octanol–water partition coefficient (Wildman–Crippen LogP) is 2.70. The number of hydrogen-bond acceptors (Lipinski definition) is 3. The summed E-state index contributed by atoms with van der Waals surface area (Å²) in [6.45, 7) is 11.3. The van der Waals surface area contributed by atoms with E-state index in [1.54, 1.807) is 0 Å². The highest BCUT2D eigenvalue weighted by Gasteiger charge is 2.23. The van der Waals surface area contributed by atoms with Crippen LogP contribution in [0.1, 0.15) is 53.7 Å². The van der Waals surface area contributed by atoms with Crippen molar-refractivity contribution in [2.24, 2.45) is 0 Å². The van der Waals surface area contributed by atoms with Crippen molar-refractivity contribution in [3.05, 3.63) is 33.9 Å². The molecule has 0 amide bonds. The van der Waals surface area contributed by atoms with Crippen molar-refractivity contribution in [3.8, 4) is 0 Å². The Kier molecular flexibility index (Phi) is 6.66. The molecule has 2 unspecified atom stereocenters. The Hall–Kier alpha value is -0.900. The number of rotatable bonds is 7. The third-order valence-electron chi connectivity index (χ3n) is 4.28. The van der Waals surface area contributed by atoms with E-state index >= 15 is 0 Å². The molecular weight excluding hydrogens is 250 g/mol. The topological polar surface area (TPSA) is 52.5 Å². The number of aliphatic hydroxyl groups is 2. The van der Waals surface area contributed by atoms with Crippen molar-refractivity contribution in [2.45, 2.75) is 59.6 Å². The van der Waals surface area contributed by atoms with Crippen LogP contribution in [0.4, 0.5) is 0 Å². The number of aryl methyl sites for hydroxylation is 2. The highest BCUT2D eigenvalue weighted by atomic mass is 16.3. The monoisotopic (exact) mass is 279 g/mol. The van der Waals surface area contributed by atoms with E-state index in [9.17, 15) is 5.11 Å². The molecule has 2 atom stereocenters. The summed E-state index contributed by atoms with van der Waals surface area (Å²) in [5.74, 6) is 0. The first-order chi connectivity index (χ1) is 9.43. The Balaban J connectivity index is 3.03. The molecule has 0 fully saturated rings. The van der Waals surface area contributed by atoms with Gasteiger partial charge < -0.3 is 15.5 Å². The number of aliphatic hydroxyl groups excluding tert-OH is 2. The molecule has 1 rings (SSSR count). The number of nitrogens with one attached hydrogen (secondary N) is 1. The maximum absolute atomic E-state index is 10.8. The van der Waals surface area contributed by atoms with Gasteiger partial charge in [0.25, 0.3) is 0 Å². The minimum Gasteiger partial charge on any atom is -0.396 e. The first-order valence-corrected chi connectivity index (χ1v) is 7.53. The van der Waals surface area contributed by atoms with Gasteiger partial charge >= 0.3 is 0 Å². The molecule has 0 bridgehead atoms. The molecule has 3 nitrogen and oxygen atoms in total. The van der Waals surface area contributed by atoms with Crippen LogP contribution in [0.15, 0.2) is 6.07 Å². The van der Waals surface area contributed by atoms with Crippen molar-refractivity contribution in [3.63, 3.8) is 0 Å². The molecule has 0 spiro atoms. The molecule has 0 aliphatic carbocycles. The number of hydrogen-bond donors (Lipinski definition) is 3. The molecule has 0 saturated heterocycles. The molecule has 0 aliphatic rings. The highest BCUT2D eigenvalue weighted by molar-refractivity contribution is 5.45. The van der Waals surface area contributed by atoms with E-state index < -0.39 is 6.10 Å². The lowest BCUT2D eigenvalue weighted by atomic mass is 9.87. The molecule has 0 saturated carbocycles. The van der Waals surface area contributed by atoms with Crippen LogP contribution in [0.5, 0.6) is 0 Å². The van der Waals surface area contributed by atoms with E-state index in [0.29, 0.717) is 6.42 Å². The minimum absolute atomic E-state index is 0.0279. The summed E-state index contributed by atoms with van der Waals surface area (Å²) in [6.07, 6.45) is 1.07. The van der Waals surface area contributed by atoms with Crippen LogP contribution in [-0.4, -0.2) is 29.4 Å². The van der Waals surface area contributed by atoms with E-state index in [4.69, 9.17) is 5.11 Å². The second-order valence-corrected chi connectivity index (χ2v) is 5.66. The Labute approximate surface area is 123 Å². The number of benzene rings is 1. The van der Waals surface area contributed by atoms with Crippen molar-refractivity contribution in [1.29, 1.82) is 0 Å². The largest absolute Gasteiger partial charge is 0.396 e. The maximum Gasteiger partial charge on any atom is 0.0948 e. The summed E-state index contributed by atoms with van der Waals surface area (Å²) in [6, 6.07) is 2.21. The minimum atomic E-state index is -0.503. The van der Waals surface area contributed by atoms with Crippen molar-refractivity contribution >= 4 is 0 Å². The van der Waals surface area contributed by atoms with Gasteiger partial charge in [0, 0.05) is 12.6 Å². The Morgan fingerprint density at radius 2 is 1.65 bits per heavy atom. The summed E-state index contributed by atoms with van der Waals surface area (Å²) in [7, 11) is 0. The van der Waals surface area contributed by atoms with Gasteiger partial charge in [0.15, 0.2) is 0 Å². The zero-order valence-electron chi connectivity index (χ0n) is 13.5. The summed E-state index contributed by atoms with van der Waals surface area (Å²) >= 11 is 0. The third-order valence-corrected chi connectivity index (χ3v) is 4.28. The van der Waals surface area contributed by atoms with Crippen LogP contribution < -0.4 is 5.32 Å². The molecule has 0 radical (unpaired) electrons. The van der Waals surface area contributed by atoms with E-state index in [0.717, 1.165) is 18.5 Å². The second kappa shape index (κ2) is 7.77. The van der Waals surface area contributed by atoms with Crippen LogP contribution in [-0.2, 0) is 0 Å².